The van der Waals surface area contributed by atoms with Crippen LogP contribution in [0.15, 0.2) is 41.0 Å². The molecule has 2 aliphatic rings. The molecule has 7 heteroatoms. The van der Waals surface area contributed by atoms with Crippen molar-refractivity contribution in [3.63, 3.8) is 0 Å². The van der Waals surface area contributed by atoms with Crippen LogP contribution in [0.3, 0.4) is 0 Å². The molecular weight excluding hydrogens is 462 g/mol. The number of nitrogens with one attached hydrogen (secondary N) is 1. The number of hydrogen-bond acceptors (Lipinski definition) is 4. The van der Waals surface area contributed by atoms with Crippen LogP contribution in [0.1, 0.15) is 39.0 Å². The van der Waals surface area contributed by atoms with Crippen molar-refractivity contribution in [2.75, 3.05) is 18.4 Å². The van der Waals surface area contributed by atoms with E-state index in [1.807, 2.05) is 28.8 Å². The summed E-state index contributed by atoms with van der Waals surface area (Å²) in [7, 11) is 0. The molecule has 1 aromatic carbocycles. The van der Waals surface area contributed by atoms with Crippen molar-refractivity contribution in [3.8, 4) is 11.3 Å². The predicted molar refractivity (Wildman–Crippen MR) is 126 cm³/mol. The molecule has 2 unspecified atom stereocenters. The number of rotatable bonds is 4. The molecule has 1 saturated heterocycles. The highest BCUT2D eigenvalue weighted by Gasteiger charge is 2.31. The topological polar surface area (TPSA) is 45.5 Å². The summed E-state index contributed by atoms with van der Waals surface area (Å²) in [6.07, 6.45) is 8.24. The molecule has 30 heavy (non-hydrogen) atoms. The van der Waals surface area contributed by atoms with Gasteiger partial charge in [-0.15, -0.1) is 0 Å². The quantitative estimate of drug-likeness (QED) is 0.498. The van der Waals surface area contributed by atoms with Gasteiger partial charge in [0.15, 0.2) is 5.65 Å². The van der Waals surface area contributed by atoms with Gasteiger partial charge in [-0.05, 0) is 53.6 Å². The fraction of sp³-hybridized carbons (Fsp3) is 0.478. The second-order valence-corrected chi connectivity index (χ2v) is 9.93. The van der Waals surface area contributed by atoms with Crippen molar-refractivity contribution < 1.29 is 0 Å². The number of hydrogen-bond donors (Lipinski definition) is 1. The van der Waals surface area contributed by atoms with Crippen LogP contribution in [0, 0.1) is 5.92 Å². The summed E-state index contributed by atoms with van der Waals surface area (Å²) in [5.41, 5.74) is 2.59. The number of nitrogens with zero attached hydrogens (tertiary/aromatic N) is 4. The first-order valence-corrected chi connectivity index (χ1v) is 12.1. The first-order valence-electron chi connectivity index (χ1n) is 10.9. The van der Waals surface area contributed by atoms with Gasteiger partial charge in [-0.2, -0.15) is 9.61 Å². The third kappa shape index (κ3) is 3.85. The molecule has 158 valence electrons. The summed E-state index contributed by atoms with van der Waals surface area (Å²) < 4.78 is 2.76. The van der Waals surface area contributed by atoms with Crippen LogP contribution in [-0.2, 0) is 0 Å². The van der Waals surface area contributed by atoms with E-state index in [4.69, 9.17) is 16.6 Å². The standard InChI is InChI=1S/C23H27BrClN5/c1-15-5-4-8-21(15)29-11-9-16(10-12-29)27-22-13-20(17-6-2-3-7-19(17)25)28-23-18(24)14-26-30(22)23/h2-3,6-7,13-16,21,27H,4-5,8-12H2,1H3. The monoisotopic (exact) mass is 487 g/mol. The molecule has 1 aliphatic heterocycles. The molecule has 0 radical (unpaired) electrons. The van der Waals surface area contributed by atoms with Gasteiger partial charge < -0.3 is 5.32 Å². The number of fused-ring (bicyclic) bond motifs is 1. The lowest BCUT2D eigenvalue weighted by atomic mass is 9.98. The number of anilines is 1. The Morgan fingerprint density at radius 3 is 2.67 bits per heavy atom. The average molecular weight is 489 g/mol. The van der Waals surface area contributed by atoms with Crippen LogP contribution in [-0.4, -0.2) is 44.7 Å². The predicted octanol–water partition coefficient (Wildman–Crippen LogP) is 5.88. The van der Waals surface area contributed by atoms with E-state index < -0.39 is 0 Å². The minimum Gasteiger partial charge on any atom is -0.367 e. The van der Waals surface area contributed by atoms with Crippen molar-refractivity contribution >= 4 is 39.0 Å². The molecule has 3 heterocycles. The van der Waals surface area contributed by atoms with Gasteiger partial charge in [0.25, 0.3) is 0 Å². The first kappa shape index (κ1) is 20.3. The van der Waals surface area contributed by atoms with Crippen molar-refractivity contribution in [1.29, 1.82) is 0 Å². The molecule has 3 aromatic rings. The molecule has 0 bridgehead atoms. The Labute approximate surface area is 190 Å². The van der Waals surface area contributed by atoms with E-state index in [-0.39, 0.29) is 0 Å². The number of halogens is 2. The molecule has 2 atom stereocenters. The number of likely N-dealkylation sites (tertiary alicyclic amines) is 1. The highest BCUT2D eigenvalue weighted by Crippen LogP contribution is 2.33. The van der Waals surface area contributed by atoms with Gasteiger partial charge in [-0.25, -0.2) is 4.98 Å². The maximum atomic E-state index is 6.46. The van der Waals surface area contributed by atoms with E-state index in [1.165, 1.54) is 32.4 Å². The largest absolute Gasteiger partial charge is 0.367 e. The number of piperidine rings is 1. The maximum Gasteiger partial charge on any atom is 0.172 e. The minimum atomic E-state index is 0.436. The Hall–Kier alpha value is -1.63. The van der Waals surface area contributed by atoms with Crippen LogP contribution in [0.25, 0.3) is 16.9 Å². The Morgan fingerprint density at radius 1 is 1.13 bits per heavy atom. The van der Waals surface area contributed by atoms with E-state index in [1.54, 1.807) is 6.20 Å². The summed E-state index contributed by atoms with van der Waals surface area (Å²) in [6, 6.07) is 11.1. The van der Waals surface area contributed by atoms with Gasteiger partial charge in [0.2, 0.25) is 0 Å². The van der Waals surface area contributed by atoms with E-state index in [0.29, 0.717) is 11.1 Å². The zero-order valence-electron chi connectivity index (χ0n) is 17.2. The van der Waals surface area contributed by atoms with Gasteiger partial charge in [0.05, 0.1) is 16.4 Å². The smallest absolute Gasteiger partial charge is 0.172 e. The molecule has 2 aromatic heterocycles. The summed E-state index contributed by atoms with van der Waals surface area (Å²) in [6.45, 7) is 4.75. The highest BCUT2D eigenvalue weighted by molar-refractivity contribution is 9.10. The Balaban J connectivity index is 1.39. The van der Waals surface area contributed by atoms with Crippen molar-refractivity contribution in [3.05, 3.63) is 46.0 Å². The molecule has 2 fully saturated rings. The van der Waals surface area contributed by atoms with Crippen LogP contribution in [0.5, 0.6) is 0 Å². The summed E-state index contributed by atoms with van der Waals surface area (Å²) in [5, 5.41) is 8.99. The second-order valence-electron chi connectivity index (χ2n) is 8.66. The lowest BCUT2D eigenvalue weighted by Crippen LogP contribution is -2.45. The number of benzene rings is 1. The fourth-order valence-corrected chi connectivity index (χ4v) is 5.68. The average Bonchev–Trinajstić information content (AvgIpc) is 3.35. The summed E-state index contributed by atoms with van der Waals surface area (Å²) >= 11 is 10.0. The zero-order chi connectivity index (χ0) is 20.7. The lowest BCUT2D eigenvalue weighted by molar-refractivity contribution is 0.133. The third-order valence-electron chi connectivity index (χ3n) is 6.75. The van der Waals surface area contributed by atoms with Crippen LogP contribution < -0.4 is 5.32 Å². The Kier molecular flexibility index (Phi) is 5.73. The normalized spacial score (nSPS) is 23.3. The summed E-state index contributed by atoms with van der Waals surface area (Å²) in [4.78, 5) is 7.53. The van der Waals surface area contributed by atoms with Gasteiger partial charge in [-0.3, -0.25) is 4.90 Å². The van der Waals surface area contributed by atoms with Crippen molar-refractivity contribution in [2.24, 2.45) is 5.92 Å². The molecule has 0 amide bonds. The molecule has 5 rings (SSSR count). The van der Waals surface area contributed by atoms with E-state index in [9.17, 15) is 0 Å². The van der Waals surface area contributed by atoms with Crippen molar-refractivity contribution in [2.45, 2.75) is 51.1 Å². The Bertz CT molecular complexity index is 1040. The van der Waals surface area contributed by atoms with Crippen LogP contribution in [0.4, 0.5) is 5.82 Å². The first-order chi connectivity index (χ1) is 14.6. The highest BCUT2D eigenvalue weighted by atomic mass is 79.9. The van der Waals surface area contributed by atoms with Gasteiger partial charge in [0.1, 0.15) is 5.82 Å². The van der Waals surface area contributed by atoms with Crippen LogP contribution >= 0.6 is 27.5 Å². The molecule has 0 spiro atoms. The molecule has 1 saturated carbocycles. The summed E-state index contributed by atoms with van der Waals surface area (Å²) in [5.74, 6) is 1.81. The molecule has 5 nitrogen and oxygen atoms in total. The van der Waals surface area contributed by atoms with Gasteiger partial charge >= 0.3 is 0 Å². The van der Waals surface area contributed by atoms with E-state index in [0.717, 1.165) is 52.0 Å². The molecule has 1 aliphatic carbocycles. The zero-order valence-corrected chi connectivity index (χ0v) is 19.5. The van der Waals surface area contributed by atoms with E-state index in [2.05, 4.69) is 44.2 Å². The molecule has 1 N–H and O–H groups in total. The second kappa shape index (κ2) is 8.48. The minimum absolute atomic E-state index is 0.436. The van der Waals surface area contributed by atoms with Gasteiger partial charge in [-0.1, -0.05) is 43.1 Å². The van der Waals surface area contributed by atoms with Gasteiger partial charge in [0, 0.05) is 41.8 Å². The van der Waals surface area contributed by atoms with E-state index >= 15 is 0 Å². The SMILES string of the molecule is CC1CCCC1N1CCC(Nc2cc(-c3ccccc3Cl)nc3c(Br)cnn23)CC1. The van der Waals surface area contributed by atoms with Crippen molar-refractivity contribution in [1.82, 2.24) is 19.5 Å². The molecular formula is C23H27BrClN5. The number of aromatic nitrogens is 3. The maximum absolute atomic E-state index is 6.46. The lowest BCUT2D eigenvalue weighted by Gasteiger charge is -2.38. The Morgan fingerprint density at radius 2 is 1.93 bits per heavy atom. The van der Waals surface area contributed by atoms with Crippen LogP contribution in [0.2, 0.25) is 5.02 Å². The third-order valence-corrected chi connectivity index (χ3v) is 7.63. The fourth-order valence-electron chi connectivity index (χ4n) is 5.10.